The standard InChI is InChI=1S/C27H27N7O/c1-18-15-25-30-19(2)24(20(3)34(25)31-18)9-10-26(35)29-16-22-17-33(23-7-5-4-6-8-23)32-27(22)21-11-13-28-14-12-21/h4-8,11-15,17H,9-10,16H2,1-3H3,(H,29,35). The molecule has 0 atom stereocenters. The fourth-order valence-electron chi connectivity index (χ4n) is 4.33. The number of aromatic nitrogens is 6. The first kappa shape index (κ1) is 22.5. The Hall–Kier alpha value is -4.33. The maximum Gasteiger partial charge on any atom is 0.220 e. The van der Waals surface area contributed by atoms with Crippen molar-refractivity contribution in [3.8, 4) is 16.9 Å². The molecule has 4 aromatic heterocycles. The number of nitrogens with zero attached hydrogens (tertiary/aromatic N) is 6. The summed E-state index contributed by atoms with van der Waals surface area (Å²) < 4.78 is 3.70. The van der Waals surface area contributed by atoms with E-state index in [1.54, 1.807) is 12.4 Å². The maximum absolute atomic E-state index is 12.8. The molecule has 1 N–H and O–H groups in total. The lowest BCUT2D eigenvalue weighted by Gasteiger charge is -2.11. The van der Waals surface area contributed by atoms with Gasteiger partial charge in [-0.1, -0.05) is 18.2 Å². The van der Waals surface area contributed by atoms with Crippen LogP contribution in [0.4, 0.5) is 0 Å². The van der Waals surface area contributed by atoms with Gasteiger partial charge < -0.3 is 5.32 Å². The topological polar surface area (TPSA) is 90.0 Å². The number of pyridine rings is 1. The van der Waals surface area contributed by atoms with E-state index >= 15 is 0 Å². The number of para-hydroxylation sites is 1. The third kappa shape index (κ3) is 4.68. The van der Waals surface area contributed by atoms with Crippen LogP contribution in [-0.2, 0) is 17.8 Å². The molecule has 0 saturated carbocycles. The SMILES string of the molecule is Cc1cc2nc(C)c(CCC(=O)NCc3cn(-c4ccccc4)nc3-c3ccncc3)c(C)n2n1. The Bertz CT molecular complexity index is 1490. The van der Waals surface area contributed by atoms with Crippen molar-refractivity contribution in [3.63, 3.8) is 0 Å². The van der Waals surface area contributed by atoms with Gasteiger partial charge in [-0.2, -0.15) is 10.2 Å². The van der Waals surface area contributed by atoms with E-state index in [9.17, 15) is 4.79 Å². The van der Waals surface area contributed by atoms with Crippen LogP contribution >= 0.6 is 0 Å². The van der Waals surface area contributed by atoms with Crippen molar-refractivity contribution in [2.45, 2.75) is 40.2 Å². The number of carbonyl (C=O) groups excluding carboxylic acids is 1. The van der Waals surface area contributed by atoms with E-state index in [1.807, 2.05) is 84.7 Å². The number of fused-ring (bicyclic) bond motifs is 1. The van der Waals surface area contributed by atoms with Gasteiger partial charge in [-0.25, -0.2) is 14.2 Å². The number of amides is 1. The van der Waals surface area contributed by atoms with Gasteiger partial charge in [0.2, 0.25) is 5.91 Å². The van der Waals surface area contributed by atoms with Crippen molar-refractivity contribution >= 4 is 11.6 Å². The minimum Gasteiger partial charge on any atom is -0.352 e. The molecule has 176 valence electrons. The lowest BCUT2D eigenvalue weighted by Crippen LogP contribution is -2.23. The van der Waals surface area contributed by atoms with E-state index in [2.05, 4.69) is 20.4 Å². The largest absolute Gasteiger partial charge is 0.352 e. The van der Waals surface area contributed by atoms with Crippen molar-refractivity contribution in [2.24, 2.45) is 0 Å². The molecule has 1 amide bonds. The normalized spacial score (nSPS) is 11.2. The molecular weight excluding hydrogens is 438 g/mol. The highest BCUT2D eigenvalue weighted by Crippen LogP contribution is 2.23. The van der Waals surface area contributed by atoms with Crippen LogP contribution in [0, 0.1) is 20.8 Å². The summed E-state index contributed by atoms with van der Waals surface area (Å²) in [5, 5.41) is 12.4. The van der Waals surface area contributed by atoms with Gasteiger partial charge in [-0.15, -0.1) is 0 Å². The quantitative estimate of drug-likeness (QED) is 0.390. The van der Waals surface area contributed by atoms with Crippen molar-refractivity contribution < 1.29 is 4.79 Å². The van der Waals surface area contributed by atoms with Crippen LogP contribution in [0.3, 0.4) is 0 Å². The third-order valence-corrected chi connectivity index (χ3v) is 6.13. The van der Waals surface area contributed by atoms with Crippen molar-refractivity contribution in [2.75, 3.05) is 0 Å². The Morgan fingerprint density at radius 3 is 2.54 bits per heavy atom. The molecule has 1 aromatic carbocycles. The first-order chi connectivity index (χ1) is 17.0. The van der Waals surface area contributed by atoms with Crippen LogP contribution in [0.2, 0.25) is 0 Å². The second kappa shape index (κ2) is 9.50. The Labute approximate surface area is 203 Å². The molecule has 0 saturated heterocycles. The van der Waals surface area contributed by atoms with Crippen molar-refractivity contribution in [3.05, 3.63) is 95.3 Å². The number of rotatable bonds is 7. The summed E-state index contributed by atoms with van der Waals surface area (Å²) in [5.74, 6) is -0.0197. The number of hydrogen-bond acceptors (Lipinski definition) is 5. The van der Waals surface area contributed by atoms with Crippen LogP contribution in [0.5, 0.6) is 0 Å². The molecular formula is C27H27N7O. The van der Waals surface area contributed by atoms with Gasteiger partial charge in [-0.05, 0) is 57.0 Å². The van der Waals surface area contributed by atoms with Gasteiger partial charge in [0.1, 0.15) is 0 Å². The molecule has 0 aliphatic heterocycles. The van der Waals surface area contributed by atoms with Crippen molar-refractivity contribution in [1.29, 1.82) is 0 Å². The number of aryl methyl sites for hydroxylation is 3. The molecule has 4 heterocycles. The fraction of sp³-hybridized carbons (Fsp3) is 0.222. The van der Waals surface area contributed by atoms with Gasteiger partial charge in [0.15, 0.2) is 5.65 Å². The van der Waals surface area contributed by atoms with E-state index in [-0.39, 0.29) is 5.91 Å². The summed E-state index contributed by atoms with van der Waals surface area (Å²) in [4.78, 5) is 21.6. The van der Waals surface area contributed by atoms with Gasteiger partial charge in [-0.3, -0.25) is 9.78 Å². The van der Waals surface area contributed by atoms with Gasteiger partial charge in [0.25, 0.3) is 0 Å². The molecule has 0 radical (unpaired) electrons. The maximum atomic E-state index is 12.8. The second-order valence-electron chi connectivity index (χ2n) is 8.61. The Kier molecular flexibility index (Phi) is 6.10. The van der Waals surface area contributed by atoms with Gasteiger partial charge >= 0.3 is 0 Å². The average molecular weight is 466 g/mol. The zero-order valence-electron chi connectivity index (χ0n) is 20.1. The predicted molar refractivity (Wildman–Crippen MR) is 134 cm³/mol. The lowest BCUT2D eigenvalue weighted by atomic mass is 10.1. The highest BCUT2D eigenvalue weighted by atomic mass is 16.1. The molecule has 0 unspecified atom stereocenters. The second-order valence-corrected chi connectivity index (χ2v) is 8.61. The van der Waals surface area contributed by atoms with E-state index < -0.39 is 0 Å². The predicted octanol–water partition coefficient (Wildman–Crippen LogP) is 4.15. The summed E-state index contributed by atoms with van der Waals surface area (Å²) in [6.07, 6.45) is 6.43. The molecule has 0 bridgehead atoms. The molecule has 35 heavy (non-hydrogen) atoms. The summed E-state index contributed by atoms with van der Waals surface area (Å²) in [7, 11) is 0. The summed E-state index contributed by atoms with van der Waals surface area (Å²) in [6.45, 7) is 6.36. The molecule has 8 heteroatoms. The van der Waals surface area contributed by atoms with Gasteiger partial charge in [0.05, 0.1) is 17.1 Å². The number of benzene rings is 1. The number of hydrogen-bond donors (Lipinski definition) is 1. The van der Waals surface area contributed by atoms with Crippen molar-refractivity contribution in [1.82, 2.24) is 34.7 Å². The Balaban J connectivity index is 1.32. The van der Waals surface area contributed by atoms with E-state index in [1.165, 1.54) is 0 Å². The van der Waals surface area contributed by atoms with E-state index in [4.69, 9.17) is 5.10 Å². The minimum absolute atomic E-state index is 0.0197. The minimum atomic E-state index is -0.0197. The summed E-state index contributed by atoms with van der Waals surface area (Å²) in [6, 6.07) is 15.7. The monoisotopic (exact) mass is 465 g/mol. The van der Waals surface area contributed by atoms with E-state index in [0.29, 0.717) is 19.4 Å². The number of carbonyl (C=O) groups is 1. The van der Waals surface area contributed by atoms with Crippen LogP contribution in [-0.4, -0.2) is 35.3 Å². The zero-order valence-corrected chi connectivity index (χ0v) is 20.1. The average Bonchev–Trinajstić information content (AvgIpc) is 3.47. The van der Waals surface area contributed by atoms with Crippen LogP contribution < -0.4 is 5.32 Å². The molecule has 5 aromatic rings. The molecule has 0 fully saturated rings. The summed E-state index contributed by atoms with van der Waals surface area (Å²) >= 11 is 0. The smallest absolute Gasteiger partial charge is 0.220 e. The van der Waals surface area contributed by atoms with Crippen LogP contribution in [0.1, 0.15) is 34.6 Å². The fourth-order valence-corrected chi connectivity index (χ4v) is 4.33. The highest BCUT2D eigenvalue weighted by molar-refractivity contribution is 5.76. The third-order valence-electron chi connectivity index (χ3n) is 6.13. The molecule has 0 aliphatic carbocycles. The molecule has 5 rings (SSSR count). The first-order valence-electron chi connectivity index (χ1n) is 11.6. The number of nitrogens with one attached hydrogen (secondary N) is 1. The summed E-state index contributed by atoms with van der Waals surface area (Å²) in [5.41, 5.74) is 8.47. The first-order valence-corrected chi connectivity index (χ1v) is 11.6. The van der Waals surface area contributed by atoms with Crippen LogP contribution in [0.15, 0.2) is 67.1 Å². The van der Waals surface area contributed by atoms with Crippen LogP contribution in [0.25, 0.3) is 22.6 Å². The highest BCUT2D eigenvalue weighted by Gasteiger charge is 2.15. The molecule has 0 spiro atoms. The zero-order chi connectivity index (χ0) is 24.4. The molecule has 8 nitrogen and oxygen atoms in total. The lowest BCUT2D eigenvalue weighted by molar-refractivity contribution is -0.121. The van der Waals surface area contributed by atoms with Gasteiger partial charge in [0, 0.05) is 60.1 Å². The Morgan fingerprint density at radius 2 is 1.77 bits per heavy atom. The molecule has 0 aliphatic rings. The Morgan fingerprint density at radius 1 is 1.00 bits per heavy atom. The van der Waals surface area contributed by atoms with E-state index in [0.717, 1.165) is 50.8 Å².